The fourth-order valence-corrected chi connectivity index (χ4v) is 4.62. The Labute approximate surface area is 160 Å². The van der Waals surface area contributed by atoms with E-state index in [0.717, 1.165) is 43.2 Å². The van der Waals surface area contributed by atoms with E-state index in [1.807, 2.05) is 0 Å². The molecule has 1 aromatic heterocycles. The number of aromatic nitrogens is 1. The molecule has 26 heavy (non-hydrogen) atoms. The predicted molar refractivity (Wildman–Crippen MR) is 104 cm³/mol. The van der Waals surface area contributed by atoms with Crippen molar-refractivity contribution in [2.24, 2.45) is 0 Å². The second-order valence-corrected chi connectivity index (χ2v) is 8.79. The maximum Gasteiger partial charge on any atom is 0.237 e. The molecule has 2 aliphatic rings. The van der Waals surface area contributed by atoms with Gasteiger partial charge in [0.25, 0.3) is 0 Å². The van der Waals surface area contributed by atoms with Crippen LogP contribution < -0.4 is 10.2 Å². The maximum atomic E-state index is 12.4. The van der Waals surface area contributed by atoms with Gasteiger partial charge in [-0.2, -0.15) is 5.26 Å². The van der Waals surface area contributed by atoms with Crippen molar-refractivity contribution in [3.63, 3.8) is 0 Å². The maximum absolute atomic E-state index is 12.4. The molecule has 0 aliphatic carbocycles. The number of nitrogens with zero attached hydrogens (tertiary/aromatic N) is 4. The highest BCUT2D eigenvalue weighted by Crippen LogP contribution is 2.26. The van der Waals surface area contributed by atoms with E-state index < -0.39 is 0 Å². The summed E-state index contributed by atoms with van der Waals surface area (Å²) in [6.45, 7) is 7.40. The molecule has 1 amide bonds. The lowest BCUT2D eigenvalue weighted by Crippen LogP contribution is -2.48. The highest BCUT2D eigenvalue weighted by atomic mass is 32.1. The Balaban J connectivity index is 1.51. The molecule has 1 aromatic rings. The van der Waals surface area contributed by atoms with Crippen LogP contribution in [0.4, 0.5) is 5.13 Å². The van der Waals surface area contributed by atoms with Gasteiger partial charge in [0.05, 0.1) is 18.3 Å². The number of amides is 1. The van der Waals surface area contributed by atoms with Gasteiger partial charge in [0.15, 0.2) is 5.13 Å². The average Bonchev–Trinajstić information content (AvgIpc) is 3.29. The first-order valence-electron chi connectivity index (χ1n) is 9.62. The predicted octanol–water partition coefficient (Wildman–Crippen LogP) is 2.56. The third-order valence-electron chi connectivity index (χ3n) is 5.23. The lowest BCUT2D eigenvalue weighted by molar-refractivity contribution is -0.130. The second-order valence-electron chi connectivity index (χ2n) is 7.96. The molecular formula is C19H29N5OS. The van der Waals surface area contributed by atoms with Crippen LogP contribution in [0.1, 0.15) is 51.6 Å². The molecule has 0 saturated carbocycles. The standard InChI is InChI=1S/C19H29N5OS/c1-19(2,21-13-17(25)24-10-6-7-16(24)12-20)11-15-14-26-18(22-15)23-8-4-3-5-9-23/h14,16,21H,3-11,13H2,1-2H3/t16-/m0/s1. The van der Waals surface area contributed by atoms with Crippen LogP contribution in [0.15, 0.2) is 5.38 Å². The summed E-state index contributed by atoms with van der Waals surface area (Å²) in [5.74, 6) is 0.0226. The first-order valence-corrected chi connectivity index (χ1v) is 10.5. The molecular weight excluding hydrogens is 346 g/mol. The molecule has 2 saturated heterocycles. The summed E-state index contributed by atoms with van der Waals surface area (Å²) in [6, 6.07) is 1.98. The number of nitriles is 1. The molecule has 0 radical (unpaired) electrons. The minimum Gasteiger partial charge on any atom is -0.348 e. The van der Waals surface area contributed by atoms with E-state index in [1.54, 1.807) is 16.2 Å². The van der Waals surface area contributed by atoms with Gasteiger partial charge in [0.2, 0.25) is 5.91 Å². The van der Waals surface area contributed by atoms with E-state index in [0.29, 0.717) is 6.54 Å². The van der Waals surface area contributed by atoms with Crippen LogP contribution in [0.3, 0.4) is 0 Å². The normalized spacial score (nSPS) is 21.0. The van der Waals surface area contributed by atoms with Crippen LogP contribution in [0.25, 0.3) is 0 Å². The van der Waals surface area contributed by atoms with E-state index in [2.05, 4.69) is 35.5 Å². The van der Waals surface area contributed by atoms with Gasteiger partial charge in [0.1, 0.15) is 6.04 Å². The van der Waals surface area contributed by atoms with Crippen molar-refractivity contribution in [1.82, 2.24) is 15.2 Å². The minimum atomic E-state index is -0.252. The molecule has 1 N–H and O–H groups in total. The smallest absolute Gasteiger partial charge is 0.237 e. The highest BCUT2D eigenvalue weighted by Gasteiger charge is 2.29. The number of hydrogen-bond acceptors (Lipinski definition) is 6. The number of likely N-dealkylation sites (tertiary alicyclic amines) is 1. The zero-order valence-electron chi connectivity index (χ0n) is 15.8. The molecule has 0 bridgehead atoms. The molecule has 0 aromatic carbocycles. The van der Waals surface area contributed by atoms with Gasteiger partial charge in [-0.3, -0.25) is 4.79 Å². The van der Waals surface area contributed by atoms with Gasteiger partial charge in [-0.05, 0) is 46.0 Å². The van der Waals surface area contributed by atoms with Crippen molar-refractivity contribution >= 4 is 22.4 Å². The largest absolute Gasteiger partial charge is 0.348 e. The summed E-state index contributed by atoms with van der Waals surface area (Å²) in [7, 11) is 0. The number of hydrogen-bond donors (Lipinski definition) is 1. The third-order valence-corrected chi connectivity index (χ3v) is 6.18. The van der Waals surface area contributed by atoms with E-state index in [-0.39, 0.29) is 24.0 Å². The van der Waals surface area contributed by atoms with Gasteiger partial charge >= 0.3 is 0 Å². The summed E-state index contributed by atoms with van der Waals surface area (Å²) in [4.78, 5) is 21.3. The number of carbonyl (C=O) groups excluding carboxylic acids is 1. The molecule has 2 aliphatic heterocycles. The van der Waals surface area contributed by atoms with Gasteiger partial charge in [-0.1, -0.05) is 0 Å². The molecule has 3 rings (SSSR count). The Kier molecular flexibility index (Phi) is 6.15. The fraction of sp³-hybridized carbons (Fsp3) is 0.737. The number of rotatable bonds is 6. The Morgan fingerprint density at radius 1 is 1.35 bits per heavy atom. The zero-order chi connectivity index (χ0) is 18.6. The molecule has 7 heteroatoms. The van der Waals surface area contributed by atoms with E-state index in [4.69, 9.17) is 10.2 Å². The van der Waals surface area contributed by atoms with Crippen molar-refractivity contribution in [2.75, 3.05) is 31.1 Å². The monoisotopic (exact) mass is 375 g/mol. The molecule has 6 nitrogen and oxygen atoms in total. The lowest BCUT2D eigenvalue weighted by Gasteiger charge is -2.28. The number of nitrogens with one attached hydrogen (secondary N) is 1. The number of thiazole rings is 1. The molecule has 2 fully saturated rings. The average molecular weight is 376 g/mol. The number of carbonyl (C=O) groups is 1. The SMILES string of the molecule is CC(C)(Cc1csc(N2CCCCC2)n1)NCC(=O)N1CCC[C@H]1C#N. The summed E-state index contributed by atoms with van der Waals surface area (Å²) in [5.41, 5.74) is 0.863. The Morgan fingerprint density at radius 3 is 2.85 bits per heavy atom. The van der Waals surface area contributed by atoms with Gasteiger partial charge in [0, 0.05) is 37.0 Å². The molecule has 142 valence electrons. The third kappa shape index (κ3) is 4.74. The van der Waals surface area contributed by atoms with E-state index in [9.17, 15) is 4.79 Å². The summed E-state index contributed by atoms with van der Waals surface area (Å²) in [6.07, 6.45) is 6.33. The summed E-state index contributed by atoms with van der Waals surface area (Å²) < 4.78 is 0. The molecule has 1 atom stereocenters. The zero-order valence-corrected chi connectivity index (χ0v) is 16.6. The highest BCUT2D eigenvalue weighted by molar-refractivity contribution is 7.13. The van der Waals surface area contributed by atoms with Gasteiger partial charge in [-0.15, -0.1) is 11.3 Å². The van der Waals surface area contributed by atoms with Crippen molar-refractivity contribution < 1.29 is 4.79 Å². The van der Waals surface area contributed by atoms with Crippen LogP contribution in [0.2, 0.25) is 0 Å². The van der Waals surface area contributed by atoms with Crippen molar-refractivity contribution in [1.29, 1.82) is 5.26 Å². The first kappa shape index (κ1) is 19.1. The van der Waals surface area contributed by atoms with Crippen LogP contribution in [0, 0.1) is 11.3 Å². The number of piperidine rings is 1. The first-order chi connectivity index (χ1) is 12.5. The quantitative estimate of drug-likeness (QED) is 0.827. The van der Waals surface area contributed by atoms with Gasteiger partial charge in [-0.25, -0.2) is 4.98 Å². The Bertz CT molecular complexity index is 659. The molecule has 0 spiro atoms. The van der Waals surface area contributed by atoms with Crippen molar-refractivity contribution in [3.8, 4) is 6.07 Å². The van der Waals surface area contributed by atoms with Gasteiger partial charge < -0.3 is 15.1 Å². The summed E-state index contributed by atoms with van der Waals surface area (Å²) in [5, 5.41) is 15.8. The minimum absolute atomic E-state index is 0.0226. The van der Waals surface area contributed by atoms with Crippen LogP contribution in [-0.4, -0.2) is 53.6 Å². The second kappa shape index (κ2) is 8.36. The number of anilines is 1. The summed E-state index contributed by atoms with van der Waals surface area (Å²) >= 11 is 1.72. The van der Waals surface area contributed by atoms with Crippen molar-refractivity contribution in [3.05, 3.63) is 11.1 Å². The van der Waals surface area contributed by atoms with Crippen LogP contribution in [0.5, 0.6) is 0 Å². The lowest BCUT2D eigenvalue weighted by atomic mass is 9.99. The van der Waals surface area contributed by atoms with Crippen molar-refractivity contribution in [2.45, 2.75) is 64.0 Å². The topological polar surface area (TPSA) is 72.3 Å². The van der Waals surface area contributed by atoms with E-state index in [1.165, 1.54) is 19.3 Å². The Morgan fingerprint density at radius 2 is 2.12 bits per heavy atom. The molecule has 3 heterocycles. The van der Waals surface area contributed by atoms with E-state index >= 15 is 0 Å². The fourth-order valence-electron chi connectivity index (χ4n) is 3.74. The Hall–Kier alpha value is -1.65. The molecule has 0 unspecified atom stereocenters. The van der Waals surface area contributed by atoms with Crippen LogP contribution >= 0.6 is 11.3 Å². The van der Waals surface area contributed by atoms with Crippen LogP contribution in [-0.2, 0) is 11.2 Å².